The molecule has 0 saturated carbocycles. The number of rotatable bonds is 7. The highest BCUT2D eigenvalue weighted by Crippen LogP contribution is 2.33. The Kier molecular flexibility index (Phi) is 8.47. The van der Waals surface area contributed by atoms with Crippen LogP contribution in [0, 0.1) is 0 Å². The summed E-state index contributed by atoms with van der Waals surface area (Å²) in [6.45, 7) is -0.783. The topological polar surface area (TPSA) is 218 Å². The largest absolute Gasteiger partial charge is 0.507 e. The van der Waals surface area contributed by atoms with E-state index in [-0.39, 0.29) is 28.9 Å². The lowest BCUT2D eigenvalue weighted by Crippen LogP contribution is -2.61. The summed E-state index contributed by atoms with van der Waals surface area (Å²) in [7, 11) is 1.52. The van der Waals surface area contributed by atoms with E-state index in [1.54, 1.807) is 24.3 Å². The van der Waals surface area contributed by atoms with Gasteiger partial charge < -0.3 is 63.8 Å². The molecule has 1 aromatic heterocycles. The minimum atomic E-state index is -1.74. The van der Waals surface area contributed by atoms with E-state index in [0.29, 0.717) is 11.3 Å². The number of fused-ring (bicyclic) bond motifs is 1. The molecule has 2 saturated heterocycles. The molecule has 2 aromatic carbocycles. The first-order valence-corrected chi connectivity index (χ1v) is 12.7. The molecule has 0 bridgehead atoms. The first-order valence-electron chi connectivity index (χ1n) is 12.7. The first-order chi connectivity index (χ1) is 19.6. The van der Waals surface area contributed by atoms with Crippen LogP contribution in [0.25, 0.3) is 22.1 Å². The zero-order valence-electron chi connectivity index (χ0n) is 21.6. The Bertz CT molecular complexity index is 1410. The number of aliphatic hydroxyl groups is 6. The van der Waals surface area contributed by atoms with Crippen LogP contribution in [0.15, 0.2) is 51.9 Å². The second-order valence-corrected chi connectivity index (χ2v) is 9.74. The van der Waals surface area contributed by atoms with E-state index in [9.17, 15) is 40.5 Å². The van der Waals surface area contributed by atoms with Crippen LogP contribution in [0.1, 0.15) is 0 Å². The molecule has 3 aromatic rings. The van der Waals surface area contributed by atoms with Gasteiger partial charge in [0.1, 0.15) is 77.2 Å². The zero-order chi connectivity index (χ0) is 29.4. The van der Waals surface area contributed by atoms with E-state index < -0.39 is 73.1 Å². The molecule has 3 heterocycles. The minimum absolute atomic E-state index is 0.0304. The van der Waals surface area contributed by atoms with Crippen molar-refractivity contribution in [3.05, 3.63) is 52.9 Å². The van der Waals surface area contributed by atoms with E-state index in [1.807, 2.05) is 0 Å². The summed E-state index contributed by atoms with van der Waals surface area (Å²) in [5.41, 5.74) is 0.203. The van der Waals surface area contributed by atoms with Crippen molar-refractivity contribution in [3.8, 4) is 28.4 Å². The summed E-state index contributed by atoms with van der Waals surface area (Å²) in [4.78, 5) is 13.2. The van der Waals surface area contributed by atoms with Crippen LogP contribution >= 0.6 is 0 Å². The lowest BCUT2D eigenvalue weighted by atomic mass is 9.99. The van der Waals surface area contributed by atoms with Gasteiger partial charge in [-0.3, -0.25) is 4.79 Å². The lowest BCUT2D eigenvalue weighted by molar-refractivity contribution is -0.307. The smallest absolute Gasteiger partial charge is 0.229 e. The van der Waals surface area contributed by atoms with Crippen LogP contribution in [0.4, 0.5) is 0 Å². The maximum Gasteiger partial charge on any atom is 0.229 e. The van der Waals surface area contributed by atoms with Crippen molar-refractivity contribution in [2.24, 2.45) is 0 Å². The van der Waals surface area contributed by atoms with Gasteiger partial charge in [0.15, 0.2) is 6.29 Å². The summed E-state index contributed by atoms with van der Waals surface area (Å²) in [6, 6.07) is 9.07. The van der Waals surface area contributed by atoms with E-state index in [4.69, 9.17) is 28.1 Å². The van der Waals surface area contributed by atoms with Gasteiger partial charge in [0.25, 0.3) is 0 Å². The third kappa shape index (κ3) is 5.74. The Labute approximate surface area is 232 Å². The number of phenolic OH excluding ortho intramolecular Hbond substituents is 1. The Morgan fingerprint density at radius 1 is 0.878 bits per heavy atom. The summed E-state index contributed by atoms with van der Waals surface area (Å²) in [6.07, 6.45) is -12.6. The summed E-state index contributed by atoms with van der Waals surface area (Å²) in [5, 5.41) is 71.2. The van der Waals surface area contributed by atoms with Crippen LogP contribution in [-0.4, -0.2) is 111 Å². The Morgan fingerprint density at radius 2 is 1.59 bits per heavy atom. The molecular weight excluding hydrogens is 548 g/mol. The zero-order valence-corrected chi connectivity index (χ0v) is 21.6. The maximum absolute atomic E-state index is 13.2. The Balaban J connectivity index is 1.33. The maximum atomic E-state index is 13.2. The number of aliphatic hydroxyl groups excluding tert-OH is 6. The molecule has 0 amide bonds. The molecule has 9 unspecified atom stereocenters. The van der Waals surface area contributed by atoms with Gasteiger partial charge in [0.2, 0.25) is 11.7 Å². The van der Waals surface area contributed by atoms with Gasteiger partial charge in [-0.25, -0.2) is 0 Å². The molecule has 2 aliphatic rings. The predicted molar refractivity (Wildman–Crippen MR) is 137 cm³/mol. The number of phenols is 1. The number of ether oxygens (including phenoxy) is 5. The van der Waals surface area contributed by atoms with Crippen molar-refractivity contribution in [1.29, 1.82) is 0 Å². The summed E-state index contributed by atoms with van der Waals surface area (Å²) >= 11 is 0. The minimum Gasteiger partial charge on any atom is -0.507 e. The molecule has 41 heavy (non-hydrogen) atoms. The first kappa shape index (κ1) is 29.2. The lowest BCUT2D eigenvalue weighted by Gasteiger charge is -2.41. The van der Waals surface area contributed by atoms with E-state index in [2.05, 4.69) is 0 Å². The van der Waals surface area contributed by atoms with Crippen molar-refractivity contribution >= 4 is 11.0 Å². The van der Waals surface area contributed by atoms with Crippen LogP contribution in [0.2, 0.25) is 0 Å². The standard InChI is InChI=1S/C27H30O14/c1-36-12-4-2-11(3-5-12)14-8-37-17-7-13(6-15(28)19(17)20(14)30)40-27-25(35)23(33)22(32)18(41-27)10-39-26-24(34)21(31)16(29)9-38-26/h2-8,16,18,21-29,31-35H,9-10H2,1H3. The molecule has 14 heteroatoms. The van der Waals surface area contributed by atoms with Crippen molar-refractivity contribution in [3.63, 3.8) is 0 Å². The van der Waals surface area contributed by atoms with E-state index in [0.717, 1.165) is 6.07 Å². The molecule has 7 N–H and O–H groups in total. The second-order valence-electron chi connectivity index (χ2n) is 9.74. The molecule has 5 rings (SSSR count). The molecule has 2 aliphatic heterocycles. The monoisotopic (exact) mass is 578 g/mol. The van der Waals surface area contributed by atoms with Crippen LogP contribution in [-0.2, 0) is 14.2 Å². The van der Waals surface area contributed by atoms with Gasteiger partial charge in [-0.2, -0.15) is 0 Å². The normalized spacial score (nSPS) is 32.1. The molecule has 14 nitrogen and oxygen atoms in total. The number of aromatic hydroxyl groups is 1. The SMILES string of the molecule is COc1ccc(-c2coc3cc(OC4OC(COC5OCC(O)C(O)C5O)C(O)C(O)C4O)cc(O)c3c2=O)cc1. The average Bonchev–Trinajstić information content (AvgIpc) is 2.96. The molecule has 2 fully saturated rings. The highest BCUT2D eigenvalue weighted by atomic mass is 16.7. The van der Waals surface area contributed by atoms with Crippen LogP contribution in [0.3, 0.4) is 0 Å². The Morgan fingerprint density at radius 3 is 2.29 bits per heavy atom. The molecule has 0 aliphatic carbocycles. The molecular formula is C27H30O14. The van der Waals surface area contributed by atoms with Crippen LogP contribution in [0.5, 0.6) is 17.2 Å². The fourth-order valence-electron chi connectivity index (χ4n) is 4.65. The highest BCUT2D eigenvalue weighted by molar-refractivity contribution is 5.88. The fraction of sp³-hybridized carbons (Fsp3) is 0.444. The number of methoxy groups -OCH3 is 1. The average molecular weight is 579 g/mol. The number of hydrogen-bond acceptors (Lipinski definition) is 14. The Hall–Kier alpha value is -3.31. The fourth-order valence-corrected chi connectivity index (χ4v) is 4.65. The van der Waals surface area contributed by atoms with Gasteiger partial charge in [-0.15, -0.1) is 0 Å². The number of benzene rings is 2. The number of hydrogen-bond donors (Lipinski definition) is 7. The second kappa shape index (κ2) is 11.9. The summed E-state index contributed by atoms with van der Waals surface area (Å²) < 4.78 is 32.5. The molecule has 9 atom stereocenters. The van der Waals surface area contributed by atoms with E-state index >= 15 is 0 Å². The van der Waals surface area contributed by atoms with Gasteiger partial charge >= 0.3 is 0 Å². The molecule has 0 radical (unpaired) electrons. The van der Waals surface area contributed by atoms with Gasteiger partial charge in [0, 0.05) is 12.1 Å². The third-order valence-electron chi connectivity index (χ3n) is 7.03. The van der Waals surface area contributed by atoms with E-state index in [1.165, 1.54) is 19.4 Å². The van der Waals surface area contributed by atoms with Crippen molar-refractivity contribution in [2.45, 2.75) is 55.3 Å². The van der Waals surface area contributed by atoms with Crippen molar-refractivity contribution < 1.29 is 63.8 Å². The highest BCUT2D eigenvalue weighted by Gasteiger charge is 2.46. The molecule has 0 spiro atoms. The quantitative estimate of drug-likeness (QED) is 0.176. The van der Waals surface area contributed by atoms with Gasteiger partial charge in [-0.1, -0.05) is 12.1 Å². The van der Waals surface area contributed by atoms with Crippen LogP contribution < -0.4 is 14.9 Å². The van der Waals surface area contributed by atoms with Gasteiger partial charge in [0.05, 0.1) is 25.9 Å². The third-order valence-corrected chi connectivity index (χ3v) is 7.03. The molecule has 222 valence electrons. The van der Waals surface area contributed by atoms with Crippen molar-refractivity contribution in [2.75, 3.05) is 20.3 Å². The van der Waals surface area contributed by atoms with Gasteiger partial charge in [-0.05, 0) is 17.7 Å². The van der Waals surface area contributed by atoms with Crippen molar-refractivity contribution in [1.82, 2.24) is 0 Å². The summed E-state index contributed by atoms with van der Waals surface area (Å²) in [5.74, 6) is 0.0306. The predicted octanol–water partition coefficient (Wildman–Crippen LogP) is -1.18.